The van der Waals surface area contributed by atoms with Crippen molar-refractivity contribution in [3.05, 3.63) is 0 Å². The second-order valence-corrected chi connectivity index (χ2v) is 5.24. The molecule has 0 aliphatic heterocycles. The molecule has 0 aromatic heterocycles. The van der Waals surface area contributed by atoms with E-state index in [1.165, 1.54) is 12.8 Å². The van der Waals surface area contributed by atoms with E-state index >= 15 is 0 Å². The van der Waals surface area contributed by atoms with Gasteiger partial charge >= 0.3 is 0 Å². The molecule has 0 atom stereocenters. The van der Waals surface area contributed by atoms with Crippen LogP contribution in [-0.4, -0.2) is 13.0 Å². The fourth-order valence-corrected chi connectivity index (χ4v) is 2.04. The van der Waals surface area contributed by atoms with E-state index in [2.05, 4.69) is 27.7 Å². The van der Waals surface area contributed by atoms with E-state index in [4.69, 9.17) is 10.1 Å². The lowest BCUT2D eigenvalue weighted by Gasteiger charge is -2.26. The van der Waals surface area contributed by atoms with Crippen LogP contribution >= 0.6 is 0 Å². The van der Waals surface area contributed by atoms with Crippen molar-refractivity contribution in [3.8, 4) is 0 Å². The number of hydrogen-bond donors (Lipinski definition) is 1. The van der Waals surface area contributed by atoms with Gasteiger partial charge in [-0.1, -0.05) is 27.7 Å². The number of methoxy groups -OCH3 is 1. The first-order valence-corrected chi connectivity index (χ1v) is 5.49. The van der Waals surface area contributed by atoms with Crippen LogP contribution in [-0.2, 0) is 4.74 Å². The first-order chi connectivity index (χ1) is 6.37. The van der Waals surface area contributed by atoms with E-state index in [1.54, 1.807) is 7.11 Å². The molecular weight excluding hydrogens is 174 g/mol. The number of ether oxygens (including phenoxy) is 1. The smallest absolute Gasteiger partial charge is 0.180 e. The van der Waals surface area contributed by atoms with Gasteiger partial charge < -0.3 is 4.74 Å². The van der Waals surface area contributed by atoms with E-state index in [-0.39, 0.29) is 0 Å². The lowest BCUT2D eigenvalue weighted by molar-refractivity contribution is 0.258. The van der Waals surface area contributed by atoms with Gasteiger partial charge in [0.15, 0.2) is 5.90 Å². The molecule has 2 heteroatoms. The van der Waals surface area contributed by atoms with Crippen LogP contribution < -0.4 is 0 Å². The summed E-state index contributed by atoms with van der Waals surface area (Å²) in [5, 5.41) is 7.36. The van der Waals surface area contributed by atoms with Crippen LogP contribution in [0.4, 0.5) is 0 Å². The van der Waals surface area contributed by atoms with E-state index in [1.807, 2.05) is 0 Å². The molecule has 0 aromatic rings. The molecule has 0 heterocycles. The zero-order valence-electron chi connectivity index (χ0n) is 10.3. The Kier molecular flexibility index (Phi) is 5.82. The molecule has 0 saturated heterocycles. The standard InChI is InChI=1S/C12H25NO/c1-10(2)9-12(3,4)8-6-7-11(13)14-5/h10,13H,6-9H2,1-5H3. The Morgan fingerprint density at radius 2 is 1.93 bits per heavy atom. The molecule has 0 radical (unpaired) electrons. The van der Waals surface area contributed by atoms with Crippen LogP contribution in [0.5, 0.6) is 0 Å². The average molecular weight is 199 g/mol. The summed E-state index contributed by atoms with van der Waals surface area (Å²) >= 11 is 0. The van der Waals surface area contributed by atoms with Gasteiger partial charge in [0.05, 0.1) is 7.11 Å². The van der Waals surface area contributed by atoms with Crippen LogP contribution in [0.25, 0.3) is 0 Å². The predicted octanol–water partition coefficient (Wildman–Crippen LogP) is 3.85. The van der Waals surface area contributed by atoms with Gasteiger partial charge in [-0.3, -0.25) is 5.41 Å². The van der Waals surface area contributed by atoms with Gasteiger partial charge in [-0.25, -0.2) is 0 Å². The van der Waals surface area contributed by atoms with E-state index in [0.29, 0.717) is 11.3 Å². The molecule has 0 aliphatic rings. The van der Waals surface area contributed by atoms with Crippen LogP contribution in [0, 0.1) is 16.7 Å². The van der Waals surface area contributed by atoms with E-state index in [9.17, 15) is 0 Å². The Morgan fingerprint density at radius 3 is 2.36 bits per heavy atom. The van der Waals surface area contributed by atoms with Crippen molar-refractivity contribution in [2.45, 2.75) is 53.4 Å². The first-order valence-electron chi connectivity index (χ1n) is 5.49. The summed E-state index contributed by atoms with van der Waals surface area (Å²) < 4.78 is 4.83. The Morgan fingerprint density at radius 1 is 1.36 bits per heavy atom. The molecule has 0 rings (SSSR count). The molecule has 2 nitrogen and oxygen atoms in total. The number of nitrogens with one attached hydrogen (secondary N) is 1. The predicted molar refractivity (Wildman–Crippen MR) is 61.8 cm³/mol. The van der Waals surface area contributed by atoms with Crippen molar-refractivity contribution in [2.24, 2.45) is 11.3 Å². The molecule has 1 N–H and O–H groups in total. The van der Waals surface area contributed by atoms with Crippen LogP contribution in [0.15, 0.2) is 0 Å². The molecule has 0 spiro atoms. The van der Waals surface area contributed by atoms with Gasteiger partial charge in [-0.2, -0.15) is 0 Å². The second-order valence-electron chi connectivity index (χ2n) is 5.24. The second kappa shape index (κ2) is 6.05. The summed E-state index contributed by atoms with van der Waals surface area (Å²) in [6, 6.07) is 0. The molecule has 0 saturated carbocycles. The lowest BCUT2D eigenvalue weighted by atomic mass is 9.80. The summed E-state index contributed by atoms with van der Waals surface area (Å²) in [5.41, 5.74) is 0.405. The van der Waals surface area contributed by atoms with Crippen molar-refractivity contribution < 1.29 is 4.74 Å². The van der Waals surface area contributed by atoms with Crippen molar-refractivity contribution >= 4 is 5.90 Å². The Hall–Kier alpha value is -0.530. The largest absolute Gasteiger partial charge is 0.484 e. The summed E-state index contributed by atoms with van der Waals surface area (Å²) in [4.78, 5) is 0. The molecule has 84 valence electrons. The highest BCUT2D eigenvalue weighted by atomic mass is 16.5. The molecule has 0 fully saturated rings. The minimum absolute atomic E-state index is 0.405. The Bertz CT molecular complexity index is 173. The zero-order valence-corrected chi connectivity index (χ0v) is 10.3. The average Bonchev–Trinajstić information content (AvgIpc) is 2.01. The number of rotatable bonds is 6. The van der Waals surface area contributed by atoms with Gasteiger partial charge in [0, 0.05) is 6.42 Å². The quantitative estimate of drug-likeness (QED) is 0.511. The highest BCUT2D eigenvalue weighted by Gasteiger charge is 2.18. The fraction of sp³-hybridized carbons (Fsp3) is 0.917. The summed E-state index contributed by atoms with van der Waals surface area (Å²) in [7, 11) is 1.57. The fourth-order valence-electron chi connectivity index (χ4n) is 2.04. The Labute approximate surface area is 88.6 Å². The van der Waals surface area contributed by atoms with Gasteiger partial charge in [-0.05, 0) is 30.6 Å². The maximum atomic E-state index is 7.36. The zero-order chi connectivity index (χ0) is 11.2. The molecule has 0 bridgehead atoms. The van der Waals surface area contributed by atoms with Crippen molar-refractivity contribution in [1.82, 2.24) is 0 Å². The van der Waals surface area contributed by atoms with Crippen LogP contribution in [0.1, 0.15) is 53.4 Å². The third-order valence-corrected chi connectivity index (χ3v) is 2.46. The maximum Gasteiger partial charge on any atom is 0.180 e. The third-order valence-electron chi connectivity index (χ3n) is 2.46. The van der Waals surface area contributed by atoms with Gasteiger partial charge in [0.1, 0.15) is 0 Å². The number of hydrogen-bond acceptors (Lipinski definition) is 2. The molecule has 0 unspecified atom stereocenters. The van der Waals surface area contributed by atoms with Gasteiger partial charge in [0.2, 0.25) is 0 Å². The third kappa shape index (κ3) is 6.93. The molecule has 14 heavy (non-hydrogen) atoms. The molecule has 0 amide bonds. The normalized spacial score (nSPS) is 11.9. The monoisotopic (exact) mass is 199 g/mol. The minimum Gasteiger partial charge on any atom is -0.484 e. The van der Waals surface area contributed by atoms with Gasteiger partial charge in [0.25, 0.3) is 0 Å². The first kappa shape index (κ1) is 13.5. The maximum absolute atomic E-state index is 7.36. The van der Waals surface area contributed by atoms with Crippen LogP contribution in [0.3, 0.4) is 0 Å². The molecule has 0 aromatic carbocycles. The summed E-state index contributed by atoms with van der Waals surface area (Å²) in [6.45, 7) is 9.14. The highest BCUT2D eigenvalue weighted by molar-refractivity contribution is 5.72. The Balaban J connectivity index is 3.70. The van der Waals surface area contributed by atoms with Crippen molar-refractivity contribution in [3.63, 3.8) is 0 Å². The minimum atomic E-state index is 0.405. The highest BCUT2D eigenvalue weighted by Crippen LogP contribution is 2.30. The van der Waals surface area contributed by atoms with Crippen molar-refractivity contribution in [2.75, 3.05) is 7.11 Å². The van der Waals surface area contributed by atoms with E-state index in [0.717, 1.165) is 18.8 Å². The summed E-state index contributed by atoms with van der Waals surface area (Å²) in [6.07, 6.45) is 4.27. The topological polar surface area (TPSA) is 33.1 Å². The lowest BCUT2D eigenvalue weighted by Crippen LogP contribution is -2.15. The SMILES string of the molecule is COC(=N)CCCC(C)(C)CC(C)C. The summed E-state index contributed by atoms with van der Waals surface area (Å²) in [5.74, 6) is 1.16. The van der Waals surface area contributed by atoms with E-state index < -0.39 is 0 Å². The van der Waals surface area contributed by atoms with Crippen LogP contribution in [0.2, 0.25) is 0 Å². The van der Waals surface area contributed by atoms with Crippen molar-refractivity contribution in [1.29, 1.82) is 5.41 Å². The molecule has 0 aliphatic carbocycles. The van der Waals surface area contributed by atoms with Gasteiger partial charge in [-0.15, -0.1) is 0 Å². The molecular formula is C12H25NO.